The highest BCUT2D eigenvalue weighted by Crippen LogP contribution is 2.48. The van der Waals surface area contributed by atoms with E-state index in [1.165, 1.54) is 69.7 Å². The third-order valence-electron chi connectivity index (χ3n) is 8.85. The molecule has 2 unspecified atom stereocenters. The molecule has 4 bridgehead atoms. The number of carboxylic acid groups (broad SMARTS) is 1. The van der Waals surface area contributed by atoms with Crippen LogP contribution in [0.25, 0.3) is 10.9 Å². The summed E-state index contributed by atoms with van der Waals surface area (Å²) >= 11 is 0. The van der Waals surface area contributed by atoms with Crippen LogP contribution < -0.4 is 0 Å². The van der Waals surface area contributed by atoms with E-state index < -0.39 is 5.97 Å². The largest absolute Gasteiger partial charge is 0.481 e. The second-order valence-electron chi connectivity index (χ2n) is 10.6. The van der Waals surface area contributed by atoms with Crippen molar-refractivity contribution >= 4 is 16.9 Å². The summed E-state index contributed by atoms with van der Waals surface area (Å²) < 4.78 is 2.44. The lowest BCUT2D eigenvalue weighted by molar-refractivity contribution is -0.136. The molecule has 0 spiro atoms. The number of hydrogen-bond donors (Lipinski definition) is 1. The monoisotopic (exact) mass is 406 g/mol. The molecule has 4 nitrogen and oxygen atoms in total. The van der Waals surface area contributed by atoms with Gasteiger partial charge in [0.25, 0.3) is 0 Å². The quantitative estimate of drug-likeness (QED) is 0.739. The van der Waals surface area contributed by atoms with Crippen molar-refractivity contribution in [2.45, 2.75) is 94.8 Å². The second kappa shape index (κ2) is 7.40. The highest BCUT2D eigenvalue weighted by Gasteiger charge is 2.46. The van der Waals surface area contributed by atoms with Crippen LogP contribution in [0.5, 0.6) is 0 Å². The molecule has 2 aromatic rings. The number of fused-ring (bicyclic) bond motifs is 5. The Hall–Kier alpha value is -1.81. The van der Waals surface area contributed by atoms with Crippen LogP contribution in [0.3, 0.4) is 0 Å². The van der Waals surface area contributed by atoms with Gasteiger partial charge in [-0.2, -0.15) is 0 Å². The zero-order valence-electron chi connectivity index (χ0n) is 17.9. The van der Waals surface area contributed by atoms with Crippen molar-refractivity contribution in [1.82, 2.24) is 9.47 Å². The number of aromatic nitrogens is 1. The molecule has 30 heavy (non-hydrogen) atoms. The summed E-state index contributed by atoms with van der Waals surface area (Å²) in [7, 11) is 0. The molecule has 2 aliphatic carbocycles. The first kappa shape index (κ1) is 18.9. The number of carboxylic acids is 1. The lowest BCUT2D eigenvalue weighted by Crippen LogP contribution is -2.52. The standard InChI is InChI=1S/C26H34N2O2/c29-26(30)13-19-16-27(25-7-2-1-6-24(19)25)22-14-20-8-9-21(15-22)28(20)23-11-17-4-3-5-18(10-17)12-23/h1-2,6-7,16-18,20-23H,3-5,8-15H2,(H,29,30)/t17-,18+,20-,21+,22?,23?. The normalized spacial score (nSPS) is 36.3. The minimum Gasteiger partial charge on any atom is -0.481 e. The van der Waals surface area contributed by atoms with Gasteiger partial charge < -0.3 is 9.67 Å². The van der Waals surface area contributed by atoms with Gasteiger partial charge in [-0.15, -0.1) is 0 Å². The van der Waals surface area contributed by atoms with Gasteiger partial charge in [0.05, 0.1) is 6.42 Å². The maximum absolute atomic E-state index is 11.4. The molecule has 1 aromatic heterocycles. The number of aliphatic carboxylic acids is 1. The van der Waals surface area contributed by atoms with Gasteiger partial charge in [0.15, 0.2) is 0 Å². The summed E-state index contributed by atoms with van der Waals surface area (Å²) in [6.45, 7) is 0. The topological polar surface area (TPSA) is 45.5 Å². The smallest absolute Gasteiger partial charge is 0.307 e. The van der Waals surface area contributed by atoms with Crippen LogP contribution in [0.15, 0.2) is 30.5 Å². The summed E-state index contributed by atoms with van der Waals surface area (Å²) in [4.78, 5) is 14.4. The van der Waals surface area contributed by atoms with E-state index in [-0.39, 0.29) is 6.42 Å². The maximum atomic E-state index is 11.4. The highest BCUT2D eigenvalue weighted by molar-refractivity contribution is 5.87. The fourth-order valence-electron chi connectivity index (χ4n) is 7.83. The van der Waals surface area contributed by atoms with E-state index in [9.17, 15) is 9.90 Å². The number of hydrogen-bond acceptors (Lipinski definition) is 2. The molecule has 2 aliphatic heterocycles. The van der Waals surface area contributed by atoms with Gasteiger partial charge in [-0.05, 0) is 68.4 Å². The van der Waals surface area contributed by atoms with Gasteiger partial charge in [0, 0.05) is 41.3 Å². The predicted octanol–water partition coefficient (Wildman–Crippen LogP) is 5.41. The average Bonchev–Trinajstić information content (AvgIpc) is 3.22. The van der Waals surface area contributed by atoms with Crippen molar-refractivity contribution in [3.63, 3.8) is 0 Å². The Morgan fingerprint density at radius 1 is 0.867 bits per heavy atom. The Bertz CT molecular complexity index is 924. The van der Waals surface area contributed by atoms with E-state index in [0.717, 1.165) is 40.9 Å². The number of carbonyl (C=O) groups is 1. The van der Waals surface area contributed by atoms with Gasteiger partial charge in [0.2, 0.25) is 0 Å². The molecule has 6 rings (SSSR count). The molecule has 0 radical (unpaired) electrons. The maximum Gasteiger partial charge on any atom is 0.307 e. The number of nitrogens with zero attached hydrogens (tertiary/aromatic N) is 2. The number of benzene rings is 1. The first-order chi connectivity index (χ1) is 14.7. The highest BCUT2D eigenvalue weighted by atomic mass is 16.4. The van der Waals surface area contributed by atoms with Gasteiger partial charge >= 0.3 is 5.97 Å². The van der Waals surface area contributed by atoms with Crippen molar-refractivity contribution in [2.24, 2.45) is 11.8 Å². The summed E-state index contributed by atoms with van der Waals surface area (Å²) in [6, 6.07) is 11.2. The third-order valence-corrected chi connectivity index (χ3v) is 8.85. The second-order valence-corrected chi connectivity index (χ2v) is 10.6. The van der Waals surface area contributed by atoms with Crippen molar-refractivity contribution in [3.8, 4) is 0 Å². The van der Waals surface area contributed by atoms with Crippen LogP contribution >= 0.6 is 0 Å². The molecule has 0 amide bonds. The zero-order valence-corrected chi connectivity index (χ0v) is 17.9. The SMILES string of the molecule is O=C(O)Cc1cn(C2C[C@H]3CC[C@@H](C2)N3C2C[C@H]3CCC[C@@H](C2)C3)c2ccccc12. The molecule has 6 atom stereocenters. The fourth-order valence-corrected chi connectivity index (χ4v) is 7.83. The summed E-state index contributed by atoms with van der Waals surface area (Å²) in [6.07, 6.45) is 16.3. The first-order valence-electron chi connectivity index (χ1n) is 12.2. The fraction of sp³-hybridized carbons (Fsp3) is 0.654. The Morgan fingerprint density at radius 2 is 1.57 bits per heavy atom. The molecule has 4 fully saturated rings. The molecule has 1 N–H and O–H groups in total. The van der Waals surface area contributed by atoms with E-state index >= 15 is 0 Å². The Labute approximate surface area is 179 Å². The van der Waals surface area contributed by atoms with E-state index in [0.29, 0.717) is 6.04 Å². The number of piperidine rings is 1. The van der Waals surface area contributed by atoms with Gasteiger partial charge in [-0.1, -0.05) is 37.5 Å². The minimum absolute atomic E-state index is 0.115. The van der Waals surface area contributed by atoms with Crippen LogP contribution in [0, 0.1) is 11.8 Å². The minimum atomic E-state index is -0.740. The molecule has 1 aromatic carbocycles. The number of para-hydroxylation sites is 1. The molecule has 3 heterocycles. The van der Waals surface area contributed by atoms with Crippen molar-refractivity contribution in [3.05, 3.63) is 36.0 Å². The first-order valence-corrected chi connectivity index (χ1v) is 12.2. The summed E-state index contributed by atoms with van der Waals surface area (Å²) in [5, 5.41) is 10.5. The Balaban J connectivity index is 1.26. The molecule has 2 saturated carbocycles. The van der Waals surface area contributed by atoms with Crippen LogP contribution in [0.2, 0.25) is 0 Å². The number of rotatable bonds is 4. The van der Waals surface area contributed by atoms with Crippen LogP contribution in [-0.4, -0.2) is 38.7 Å². The van der Waals surface area contributed by atoms with Crippen molar-refractivity contribution in [1.29, 1.82) is 0 Å². The van der Waals surface area contributed by atoms with E-state index in [1.807, 2.05) is 6.07 Å². The van der Waals surface area contributed by atoms with Crippen molar-refractivity contribution < 1.29 is 9.90 Å². The van der Waals surface area contributed by atoms with Gasteiger partial charge in [-0.3, -0.25) is 9.69 Å². The summed E-state index contributed by atoms with van der Waals surface area (Å²) in [5.41, 5.74) is 2.19. The molecule has 4 aliphatic rings. The third kappa shape index (κ3) is 3.19. The van der Waals surface area contributed by atoms with E-state index in [1.54, 1.807) is 0 Å². The van der Waals surface area contributed by atoms with Gasteiger partial charge in [-0.25, -0.2) is 0 Å². The van der Waals surface area contributed by atoms with E-state index in [4.69, 9.17) is 0 Å². The average molecular weight is 407 g/mol. The van der Waals surface area contributed by atoms with Gasteiger partial charge in [0.1, 0.15) is 0 Å². The molecule has 2 saturated heterocycles. The zero-order chi connectivity index (χ0) is 20.2. The lowest BCUT2D eigenvalue weighted by Gasteiger charge is -2.49. The van der Waals surface area contributed by atoms with E-state index in [2.05, 4.69) is 33.9 Å². The Kier molecular flexibility index (Phi) is 4.67. The molecular formula is C26H34N2O2. The van der Waals surface area contributed by atoms with Crippen LogP contribution in [-0.2, 0) is 11.2 Å². The predicted molar refractivity (Wildman–Crippen MR) is 119 cm³/mol. The van der Waals surface area contributed by atoms with Crippen LogP contribution in [0.1, 0.15) is 75.8 Å². The molecule has 4 heteroatoms. The molecular weight excluding hydrogens is 372 g/mol. The Morgan fingerprint density at radius 3 is 2.27 bits per heavy atom. The summed E-state index contributed by atoms with van der Waals surface area (Å²) in [5.74, 6) is 1.24. The van der Waals surface area contributed by atoms with Crippen LogP contribution in [0.4, 0.5) is 0 Å². The molecule has 160 valence electrons. The van der Waals surface area contributed by atoms with Crippen molar-refractivity contribution in [2.75, 3.05) is 0 Å². The lowest BCUT2D eigenvalue weighted by atomic mass is 9.69.